The van der Waals surface area contributed by atoms with Gasteiger partial charge in [0.2, 0.25) is 0 Å². The molecule has 0 aromatic carbocycles. The maximum Gasteiger partial charge on any atom is 0.631 e. The van der Waals surface area contributed by atoms with E-state index in [9.17, 15) is 0 Å². The summed E-state index contributed by atoms with van der Waals surface area (Å²) in [4.78, 5) is 5.27. The van der Waals surface area contributed by atoms with Gasteiger partial charge in [0, 0.05) is 58.1 Å². The molecule has 29 nitrogen and oxygen atoms in total. The summed E-state index contributed by atoms with van der Waals surface area (Å²) in [5.41, 5.74) is 0. The van der Waals surface area contributed by atoms with Gasteiger partial charge in [-0.05, 0) is 77.8 Å². The number of rotatable bonds is 24. The molecule has 0 saturated heterocycles. The van der Waals surface area contributed by atoms with Gasteiger partial charge in [-0.25, -0.2) is 0 Å². The van der Waals surface area contributed by atoms with E-state index in [0.717, 1.165) is 6.22 Å². The van der Waals surface area contributed by atoms with Crippen molar-refractivity contribution in [2.24, 2.45) is 0 Å². The smallest absolute Gasteiger partial charge is 0.402 e. The van der Waals surface area contributed by atoms with Crippen LogP contribution in [0.2, 0.25) is 6.22 Å². The predicted octanol–water partition coefficient (Wildman–Crippen LogP) is -13.7. The third-order valence-corrected chi connectivity index (χ3v) is 5.73. The Morgan fingerprint density at radius 1 is 0.268 bits per heavy atom. The number of nitrogens with zero attached hydrogens (tertiary/aromatic N) is 2. The van der Waals surface area contributed by atoms with Crippen molar-refractivity contribution in [1.29, 1.82) is 0 Å². The normalized spacial score (nSPS) is 8.38. The SMILES string of the molecule is CCCCN(CCCC)CCCC.CCCCN(CCCC)CCCC.OB(O)O.OB(O)O.OB(O)O.OB(O)O.OB(O)O.OB(O)O.OB(O)O.OB(O)O.OB(O)O.[B][B][B][B][B]C[B][B][B]. The number of unbranched alkanes of at least 4 members (excludes halogenated alkanes) is 6. The molecule has 71 heavy (non-hydrogen) atoms. The zero-order valence-electron chi connectivity index (χ0n) is 42.2. The van der Waals surface area contributed by atoms with E-state index >= 15 is 0 Å². The average molecular weight is 1030 g/mol. The van der Waals surface area contributed by atoms with Gasteiger partial charge in [-0.15, -0.1) is 6.22 Å². The van der Waals surface area contributed by atoms with E-state index in [-0.39, 0.29) is 0 Å². The zero-order valence-corrected chi connectivity index (χ0v) is 42.2. The fourth-order valence-electron chi connectivity index (χ4n) is 3.34. The van der Waals surface area contributed by atoms with Crippen LogP contribution in [0.15, 0.2) is 0 Å². The molecule has 0 bridgehead atoms. The van der Waals surface area contributed by atoms with Crippen LogP contribution in [0.4, 0.5) is 0 Å². The van der Waals surface area contributed by atoms with Gasteiger partial charge < -0.3 is 145 Å². The van der Waals surface area contributed by atoms with Gasteiger partial charge in [0.1, 0.15) is 0 Å². The zero-order chi connectivity index (χ0) is 59.0. The summed E-state index contributed by atoms with van der Waals surface area (Å²) in [7, 11) is 1.14. The van der Waals surface area contributed by atoms with Crippen molar-refractivity contribution >= 4 is 124 Å². The predicted molar refractivity (Wildman–Crippen MR) is 285 cm³/mol. The Bertz CT molecular complexity index is 604. The van der Waals surface area contributed by atoms with Crippen molar-refractivity contribution in [1.82, 2.24) is 9.80 Å². The molecule has 0 rings (SSSR count). The van der Waals surface area contributed by atoms with Crippen molar-refractivity contribution in [3.05, 3.63) is 0 Å². The van der Waals surface area contributed by atoms with E-state index in [1.54, 1.807) is 7.06 Å². The lowest BCUT2D eigenvalue weighted by Crippen LogP contribution is -2.27. The highest BCUT2D eigenvalue weighted by Crippen LogP contribution is 2.02. The van der Waals surface area contributed by atoms with E-state index in [2.05, 4.69) is 51.3 Å². The number of hydrogen-bond donors (Lipinski definition) is 27. The summed E-state index contributed by atoms with van der Waals surface area (Å²) in [6.07, 6.45) is 17.0. The van der Waals surface area contributed by atoms with Gasteiger partial charge in [-0.3, -0.25) is 0 Å². The minimum Gasteiger partial charge on any atom is -0.402 e. The van der Waals surface area contributed by atoms with Crippen LogP contribution in [-0.2, 0) is 0 Å². The van der Waals surface area contributed by atoms with E-state index in [1.807, 2.05) is 21.4 Å². The van der Waals surface area contributed by atoms with Gasteiger partial charge in [-0.2, -0.15) is 0 Å². The quantitative estimate of drug-likeness (QED) is 0.0315. The first-order chi connectivity index (χ1) is 32.7. The summed E-state index contributed by atoms with van der Waals surface area (Å²) < 4.78 is 0. The molecule has 0 spiro atoms. The Balaban J connectivity index is -0.0000000558. The minimum atomic E-state index is -2.17. The first-order valence-corrected chi connectivity index (χ1v) is 21.9. The van der Waals surface area contributed by atoms with Crippen molar-refractivity contribution in [2.45, 2.75) is 125 Å². The van der Waals surface area contributed by atoms with Crippen LogP contribution in [0.5, 0.6) is 0 Å². The lowest BCUT2D eigenvalue weighted by molar-refractivity contribution is 0.261. The van der Waals surface area contributed by atoms with Crippen LogP contribution >= 0.6 is 0 Å². The molecule has 406 valence electrons. The maximum atomic E-state index is 7.17. The fraction of sp³-hybridized carbons (Fsp3) is 1.00. The third-order valence-electron chi connectivity index (χ3n) is 5.73. The summed E-state index contributed by atoms with van der Waals surface area (Å²) in [5, 5.41) is 193. The lowest BCUT2D eigenvalue weighted by Gasteiger charge is -2.21. The molecule has 0 atom stereocenters. The lowest BCUT2D eigenvalue weighted by atomic mass is 9.02. The average Bonchev–Trinajstić information content (AvgIpc) is 3.19. The highest BCUT2D eigenvalue weighted by molar-refractivity contribution is 7.52. The molecule has 0 aromatic rings. The maximum absolute atomic E-state index is 7.17. The van der Waals surface area contributed by atoms with Gasteiger partial charge in [0.25, 0.3) is 0 Å². The van der Waals surface area contributed by atoms with Crippen LogP contribution in [0, 0.1) is 0 Å². The monoisotopic (exact) mass is 1030 g/mol. The van der Waals surface area contributed by atoms with Crippen LogP contribution in [-0.4, -0.2) is 309 Å². The summed E-state index contributed by atoms with van der Waals surface area (Å²) >= 11 is 0. The standard InChI is InChI=1S/2C12H27N.CH2B8.9BH3O3/c2*1-4-7-10-13(11-8-5-2)12-9-6-3;2-6-4-1-5-8-9-7-3;9*2-1(3)4/h2*4-12H2,1-3H3;1H2;9*2-4H. The van der Waals surface area contributed by atoms with Crippen molar-refractivity contribution in [2.75, 3.05) is 39.3 Å². The largest absolute Gasteiger partial charge is 0.631 e. The summed E-state index contributed by atoms with van der Waals surface area (Å²) in [6, 6.07) is 0. The number of hydrogen-bond acceptors (Lipinski definition) is 29. The van der Waals surface area contributed by atoms with Crippen LogP contribution < -0.4 is 0 Å². The molecular formula is C25H83B17N2O27. The molecule has 0 aliphatic rings. The molecule has 0 amide bonds. The van der Waals surface area contributed by atoms with Crippen LogP contribution in [0.1, 0.15) is 119 Å². The van der Waals surface area contributed by atoms with Crippen molar-refractivity contribution in [3.8, 4) is 0 Å². The Morgan fingerprint density at radius 3 is 0.535 bits per heavy atom. The van der Waals surface area contributed by atoms with E-state index in [0.29, 0.717) is 0 Å². The molecule has 0 heterocycles. The van der Waals surface area contributed by atoms with Gasteiger partial charge >= 0.3 is 65.9 Å². The van der Waals surface area contributed by atoms with Gasteiger partial charge in [0.15, 0.2) is 0 Å². The van der Waals surface area contributed by atoms with Crippen molar-refractivity contribution < 1.29 is 136 Å². The summed E-state index contributed by atoms with van der Waals surface area (Å²) in [6.45, 7) is 21.5. The minimum absolute atomic E-state index is 0.862. The van der Waals surface area contributed by atoms with E-state index in [1.165, 1.54) is 130 Å². The molecule has 10 radical (unpaired) electrons. The Labute approximate surface area is 432 Å². The fourth-order valence-corrected chi connectivity index (χ4v) is 3.34. The van der Waals surface area contributed by atoms with E-state index < -0.39 is 65.9 Å². The topological polar surface area (TPSA) is 553 Å². The van der Waals surface area contributed by atoms with Crippen molar-refractivity contribution in [3.63, 3.8) is 0 Å². The van der Waals surface area contributed by atoms with Gasteiger partial charge in [0.05, 0.1) is 0 Å². The highest BCUT2D eigenvalue weighted by Gasteiger charge is 2.03. The molecule has 0 saturated carbocycles. The molecule has 0 aromatic heterocycles. The third kappa shape index (κ3) is 360. The first-order valence-electron chi connectivity index (χ1n) is 21.9. The molecule has 27 N–H and O–H groups in total. The molecular weight excluding hydrogens is 944 g/mol. The molecule has 0 fully saturated rings. The van der Waals surface area contributed by atoms with Crippen LogP contribution in [0.3, 0.4) is 0 Å². The molecule has 0 unspecified atom stereocenters. The second-order valence-corrected chi connectivity index (χ2v) is 12.4. The van der Waals surface area contributed by atoms with E-state index in [4.69, 9.17) is 151 Å². The second-order valence-electron chi connectivity index (χ2n) is 12.4. The Morgan fingerprint density at radius 2 is 0.423 bits per heavy atom. The van der Waals surface area contributed by atoms with Gasteiger partial charge in [-0.1, -0.05) is 80.1 Å². The Hall–Kier alpha value is -0.0561. The molecule has 46 heteroatoms. The highest BCUT2D eigenvalue weighted by atomic mass is 16.6. The Kier molecular flexibility index (Phi) is 139. The molecule has 0 aliphatic carbocycles. The summed E-state index contributed by atoms with van der Waals surface area (Å²) in [5.74, 6) is 0. The van der Waals surface area contributed by atoms with Crippen LogP contribution in [0.25, 0.3) is 0 Å². The second kappa shape index (κ2) is 99.0. The first kappa shape index (κ1) is 99.9. The molecule has 0 aliphatic heterocycles.